The van der Waals surface area contributed by atoms with Gasteiger partial charge >= 0.3 is 0 Å². The Bertz CT molecular complexity index is 1570. The smallest absolute Gasteiger partial charge is 0.232 e. The van der Waals surface area contributed by atoms with Crippen molar-refractivity contribution < 1.29 is 13.9 Å². The standard InChI is InChI=1S/C37H46ClFN4O2.C2H4.CH5N/c1-8-21(4)34(42-30(10-3)26-13-14-26)32(44-7)17-24(9-2)23(6)41-19-29(25-11-12-25)31-18-28-22(5)20-45-36(28)35(43-31)27-15-16-40-37(39)33(27)38;2*1-2/h9-10,15-18,21-22,25-26,29,41H,6,8,11-14,19-20H2,1-5,7H3;1-2H2;2H2,1H3/b24-9+,30-10-,32-17+,42-34-;;. The first-order valence-electron chi connectivity index (χ1n) is 17.4. The van der Waals surface area contributed by atoms with E-state index < -0.39 is 5.95 Å². The van der Waals surface area contributed by atoms with Crippen LogP contribution in [0.25, 0.3) is 11.3 Å². The first-order valence-corrected chi connectivity index (χ1v) is 17.7. The minimum atomic E-state index is -0.712. The summed E-state index contributed by atoms with van der Waals surface area (Å²) in [7, 11) is 3.21. The van der Waals surface area contributed by atoms with E-state index in [1.54, 1.807) is 13.2 Å². The van der Waals surface area contributed by atoms with E-state index in [-0.39, 0.29) is 22.8 Å². The Hall–Kier alpha value is -3.75. The number of allylic oxidation sites excluding steroid dienone is 5. The molecule has 2 aliphatic carbocycles. The second-order valence-electron chi connectivity index (χ2n) is 12.5. The number of aliphatic imine (C=N–C) groups is 1. The minimum absolute atomic E-state index is 0.0422. The average molecular weight is 692 g/mol. The van der Waals surface area contributed by atoms with Crippen LogP contribution in [0.2, 0.25) is 5.02 Å². The molecule has 0 radical (unpaired) electrons. The summed E-state index contributed by atoms with van der Waals surface area (Å²) in [5.74, 6) is 2.37. The molecule has 0 saturated heterocycles. The third-order valence-corrected chi connectivity index (χ3v) is 9.64. The second kappa shape index (κ2) is 18.9. The maximum absolute atomic E-state index is 14.4. The number of hydrogen-bond acceptors (Lipinski definition) is 7. The van der Waals surface area contributed by atoms with Crippen molar-refractivity contribution in [2.75, 3.05) is 27.3 Å². The topological polar surface area (TPSA) is 94.7 Å². The van der Waals surface area contributed by atoms with Gasteiger partial charge < -0.3 is 20.5 Å². The quantitative estimate of drug-likeness (QED) is 0.0674. The summed E-state index contributed by atoms with van der Waals surface area (Å²) < 4.78 is 26.4. The molecule has 3 atom stereocenters. The molecule has 0 amide bonds. The van der Waals surface area contributed by atoms with Gasteiger partial charge in [0.05, 0.1) is 19.4 Å². The van der Waals surface area contributed by atoms with Crippen molar-refractivity contribution in [3.05, 3.63) is 101 Å². The van der Waals surface area contributed by atoms with E-state index in [2.05, 4.69) is 87.8 Å². The molecule has 2 aromatic heterocycles. The number of aromatic nitrogens is 2. The van der Waals surface area contributed by atoms with Crippen LogP contribution in [0.5, 0.6) is 5.75 Å². The number of nitrogens with zero attached hydrogens (tertiary/aromatic N) is 3. The molecule has 0 spiro atoms. The molecule has 2 fully saturated rings. The summed E-state index contributed by atoms with van der Waals surface area (Å²) in [5.41, 5.74) is 11.5. The molecular formula is C40H55ClFN5O2. The number of hydrogen-bond donors (Lipinski definition) is 2. The number of fused-ring (bicyclic) bond motifs is 1. The third-order valence-electron chi connectivity index (χ3n) is 9.28. The highest BCUT2D eigenvalue weighted by Gasteiger charge is 2.36. The molecule has 0 bridgehead atoms. The van der Waals surface area contributed by atoms with Crippen LogP contribution >= 0.6 is 11.6 Å². The molecule has 49 heavy (non-hydrogen) atoms. The van der Waals surface area contributed by atoms with E-state index in [0.717, 1.165) is 59.0 Å². The Labute approximate surface area is 298 Å². The Morgan fingerprint density at radius 2 is 1.92 bits per heavy atom. The lowest BCUT2D eigenvalue weighted by atomic mass is 9.93. The van der Waals surface area contributed by atoms with Gasteiger partial charge in [0, 0.05) is 64.6 Å². The van der Waals surface area contributed by atoms with Gasteiger partial charge in [0.25, 0.3) is 0 Å². The number of pyridine rings is 2. The van der Waals surface area contributed by atoms with Gasteiger partial charge in [-0.3, -0.25) is 4.99 Å². The van der Waals surface area contributed by atoms with Crippen LogP contribution in [0.3, 0.4) is 0 Å². The van der Waals surface area contributed by atoms with Crippen LogP contribution in [-0.2, 0) is 4.74 Å². The van der Waals surface area contributed by atoms with Crippen LogP contribution in [-0.4, -0.2) is 43.0 Å². The van der Waals surface area contributed by atoms with Crippen LogP contribution in [0, 0.1) is 23.7 Å². The maximum atomic E-state index is 14.4. The lowest BCUT2D eigenvalue weighted by molar-refractivity contribution is 0.311. The predicted molar refractivity (Wildman–Crippen MR) is 203 cm³/mol. The van der Waals surface area contributed by atoms with Crippen molar-refractivity contribution in [2.24, 2.45) is 28.5 Å². The number of rotatable bonds is 14. The normalized spacial score (nSPS) is 18.9. The molecule has 1 aliphatic heterocycles. The summed E-state index contributed by atoms with van der Waals surface area (Å²) >= 11 is 6.39. The lowest BCUT2D eigenvalue weighted by Crippen LogP contribution is -2.24. The molecule has 2 aromatic rings. The van der Waals surface area contributed by atoms with Crippen molar-refractivity contribution in [1.29, 1.82) is 0 Å². The van der Waals surface area contributed by atoms with Crippen molar-refractivity contribution >= 4 is 17.3 Å². The minimum Gasteiger partial charge on any atom is -0.495 e. The van der Waals surface area contributed by atoms with Gasteiger partial charge in [-0.05, 0) is 82.7 Å². The number of methoxy groups -OCH3 is 1. The van der Waals surface area contributed by atoms with Gasteiger partial charge in [0.1, 0.15) is 22.2 Å². The zero-order valence-corrected chi connectivity index (χ0v) is 31.2. The number of nitrogens with two attached hydrogens (primary N) is 1. The molecule has 3 aliphatic rings. The van der Waals surface area contributed by atoms with Crippen LogP contribution in [0.1, 0.15) is 89.8 Å². The molecule has 9 heteroatoms. The highest BCUT2D eigenvalue weighted by molar-refractivity contribution is 6.33. The lowest BCUT2D eigenvalue weighted by Gasteiger charge is -2.22. The zero-order chi connectivity index (χ0) is 36.2. The van der Waals surface area contributed by atoms with E-state index >= 15 is 0 Å². The monoisotopic (exact) mass is 691 g/mol. The Morgan fingerprint density at radius 1 is 1.22 bits per heavy atom. The Balaban J connectivity index is 0.00000157. The van der Waals surface area contributed by atoms with Crippen molar-refractivity contribution in [2.45, 2.75) is 78.6 Å². The highest BCUT2D eigenvalue weighted by atomic mass is 35.5. The van der Waals surface area contributed by atoms with Gasteiger partial charge in [-0.15, -0.1) is 13.2 Å². The van der Waals surface area contributed by atoms with E-state index in [0.29, 0.717) is 42.0 Å². The predicted octanol–water partition coefficient (Wildman–Crippen LogP) is 9.68. The van der Waals surface area contributed by atoms with E-state index in [1.807, 2.05) is 6.92 Å². The van der Waals surface area contributed by atoms with E-state index in [9.17, 15) is 4.39 Å². The van der Waals surface area contributed by atoms with Gasteiger partial charge in [-0.25, -0.2) is 9.97 Å². The number of nitrogens with one attached hydrogen (secondary N) is 1. The summed E-state index contributed by atoms with van der Waals surface area (Å²) in [4.78, 5) is 13.9. The summed E-state index contributed by atoms with van der Waals surface area (Å²) in [5, 5.41) is 3.58. The zero-order valence-electron chi connectivity index (χ0n) is 30.4. The largest absolute Gasteiger partial charge is 0.495 e. The van der Waals surface area contributed by atoms with Crippen molar-refractivity contribution in [3.8, 4) is 17.0 Å². The molecule has 266 valence electrons. The number of halogens is 2. The molecule has 3 heterocycles. The second-order valence-corrected chi connectivity index (χ2v) is 12.9. The fourth-order valence-electron chi connectivity index (χ4n) is 5.94. The molecular weight excluding hydrogens is 637 g/mol. The summed E-state index contributed by atoms with van der Waals surface area (Å²) in [6.45, 7) is 22.2. The van der Waals surface area contributed by atoms with E-state index in [4.69, 9.17) is 31.1 Å². The average Bonchev–Trinajstić information content (AvgIpc) is 4.08. The van der Waals surface area contributed by atoms with E-state index in [1.165, 1.54) is 26.1 Å². The number of ether oxygens (including phenoxy) is 2. The maximum Gasteiger partial charge on any atom is 0.232 e. The fourth-order valence-corrected chi connectivity index (χ4v) is 6.15. The van der Waals surface area contributed by atoms with Crippen molar-refractivity contribution in [1.82, 2.24) is 15.3 Å². The van der Waals surface area contributed by atoms with Gasteiger partial charge in [-0.1, -0.05) is 51.1 Å². The first kappa shape index (κ1) is 39.7. The first-order chi connectivity index (χ1) is 23.7. The van der Waals surface area contributed by atoms with Crippen LogP contribution in [0.4, 0.5) is 4.39 Å². The Morgan fingerprint density at radius 3 is 2.49 bits per heavy atom. The molecule has 3 N–H and O–H groups in total. The van der Waals surface area contributed by atoms with Crippen molar-refractivity contribution in [3.63, 3.8) is 0 Å². The third kappa shape index (κ3) is 9.70. The molecule has 2 saturated carbocycles. The SMILES string of the molecule is C=C.C=C(NCC(c1cc2c(c(-c3ccnc(F)c3Cl)n1)OCC2C)C1CC1)C(=C/C)/C=C(OC)\C(=N/C(=C\C)C1CC1)C(C)CC.CN. The van der Waals surface area contributed by atoms with Crippen LogP contribution in [0.15, 0.2) is 84.0 Å². The highest BCUT2D eigenvalue weighted by Crippen LogP contribution is 2.47. The van der Waals surface area contributed by atoms with Gasteiger partial charge in [0.15, 0.2) is 0 Å². The Kier molecular flexibility index (Phi) is 15.3. The van der Waals surface area contributed by atoms with Crippen LogP contribution < -0.4 is 15.8 Å². The summed E-state index contributed by atoms with van der Waals surface area (Å²) in [6.07, 6.45) is 13.3. The van der Waals surface area contributed by atoms with Gasteiger partial charge in [0.2, 0.25) is 5.95 Å². The molecule has 3 unspecified atom stereocenters. The molecule has 0 aromatic carbocycles. The fraction of sp³-hybridized carbons (Fsp3) is 0.475. The summed E-state index contributed by atoms with van der Waals surface area (Å²) in [6, 6.07) is 3.87. The van der Waals surface area contributed by atoms with Gasteiger partial charge in [-0.2, -0.15) is 4.39 Å². The molecule has 7 nitrogen and oxygen atoms in total. The molecule has 5 rings (SSSR count).